The van der Waals surface area contributed by atoms with Crippen LogP contribution in [0.3, 0.4) is 0 Å². The minimum atomic E-state index is -1.35. The van der Waals surface area contributed by atoms with Crippen LogP contribution in [0.15, 0.2) is 67.0 Å². The number of aryl methyl sites for hydroxylation is 1. The number of likely N-dealkylation sites (tertiary alicyclic amines) is 1. The smallest absolute Gasteiger partial charge is 0.315 e. The molecule has 3 aromatic heterocycles. The zero-order valence-electron chi connectivity index (χ0n) is 28.5. The molecule has 4 atom stereocenters. The summed E-state index contributed by atoms with van der Waals surface area (Å²) in [6.07, 6.45) is 0.387. The molecule has 0 saturated carbocycles. The van der Waals surface area contributed by atoms with Crippen LogP contribution in [0, 0.1) is 0 Å². The zero-order valence-corrected chi connectivity index (χ0v) is 28.5. The molecule has 0 spiro atoms. The first-order chi connectivity index (χ1) is 25.0. The first-order valence-electron chi connectivity index (χ1n) is 17.6. The number of carbonyl (C=O) groups is 1. The van der Waals surface area contributed by atoms with E-state index in [4.69, 9.17) is 14.7 Å². The van der Waals surface area contributed by atoms with Crippen LogP contribution in [0.25, 0.3) is 11.2 Å². The quantitative estimate of drug-likeness (QED) is 0.121. The molecule has 16 nitrogen and oxygen atoms in total. The highest BCUT2D eigenvalue weighted by molar-refractivity contribution is 5.83. The first kappa shape index (κ1) is 34.4. The van der Waals surface area contributed by atoms with Crippen molar-refractivity contribution in [2.45, 2.75) is 69.7 Å². The van der Waals surface area contributed by atoms with Crippen molar-refractivity contribution in [1.82, 2.24) is 55.3 Å². The van der Waals surface area contributed by atoms with Crippen LogP contribution in [0.1, 0.15) is 67.2 Å². The number of nitrogens with one attached hydrogen (secondary N) is 3. The van der Waals surface area contributed by atoms with Crippen LogP contribution in [0.5, 0.6) is 0 Å². The third kappa shape index (κ3) is 7.83. The average molecular weight is 697 g/mol. The van der Waals surface area contributed by atoms with Crippen LogP contribution >= 0.6 is 0 Å². The Kier molecular flexibility index (Phi) is 10.7. The molecule has 51 heavy (non-hydrogen) atoms. The second-order valence-corrected chi connectivity index (χ2v) is 12.8. The summed E-state index contributed by atoms with van der Waals surface area (Å²) in [6, 6.07) is 20.1. The van der Waals surface area contributed by atoms with E-state index < -0.39 is 24.5 Å². The average Bonchev–Trinajstić information content (AvgIpc) is 3.90. The SMILES string of the molecule is CCn1nnc(C2OC(n3cnc4c(NCC(c5ccccc5)c5ccccc5)nc(CNC(=O)NCCN5CCCCC5)nc43)C(O)C2O)n1. The number of urea groups is 1. The van der Waals surface area contributed by atoms with Gasteiger partial charge in [0.1, 0.15) is 12.2 Å². The number of anilines is 1. The molecule has 2 aliphatic heterocycles. The number of aromatic nitrogens is 8. The Morgan fingerprint density at radius 3 is 2.37 bits per heavy atom. The van der Waals surface area contributed by atoms with Gasteiger partial charge in [-0.05, 0) is 49.2 Å². The fourth-order valence-corrected chi connectivity index (χ4v) is 6.69. The molecule has 2 aromatic carbocycles. The number of ether oxygens (including phenoxy) is 1. The van der Waals surface area contributed by atoms with Crippen molar-refractivity contribution in [2.24, 2.45) is 0 Å². The number of nitrogens with zero attached hydrogens (tertiary/aromatic N) is 9. The third-order valence-electron chi connectivity index (χ3n) is 9.43. The summed E-state index contributed by atoms with van der Waals surface area (Å²) < 4.78 is 7.71. The van der Waals surface area contributed by atoms with Gasteiger partial charge in [0.05, 0.1) is 19.4 Å². The van der Waals surface area contributed by atoms with Gasteiger partial charge in [-0.3, -0.25) is 4.57 Å². The molecule has 5 aromatic rings. The summed E-state index contributed by atoms with van der Waals surface area (Å²) in [7, 11) is 0. The van der Waals surface area contributed by atoms with Gasteiger partial charge in [0.15, 0.2) is 35.1 Å². The van der Waals surface area contributed by atoms with Crippen LogP contribution < -0.4 is 16.0 Å². The maximum absolute atomic E-state index is 12.8. The van der Waals surface area contributed by atoms with E-state index in [0.29, 0.717) is 42.4 Å². The highest BCUT2D eigenvalue weighted by Gasteiger charge is 2.47. The Morgan fingerprint density at radius 2 is 1.69 bits per heavy atom. The van der Waals surface area contributed by atoms with Crippen LogP contribution in [-0.4, -0.2) is 106 Å². The fourth-order valence-electron chi connectivity index (χ4n) is 6.69. The first-order valence-corrected chi connectivity index (χ1v) is 17.6. The fraction of sp³-hybridized carbons (Fsp3) is 0.457. The summed E-state index contributed by atoms with van der Waals surface area (Å²) >= 11 is 0. The molecular weight excluding hydrogens is 652 g/mol. The third-order valence-corrected chi connectivity index (χ3v) is 9.43. The number of carbonyl (C=O) groups excluding carboxylic acids is 1. The van der Waals surface area contributed by atoms with E-state index in [1.54, 1.807) is 4.57 Å². The van der Waals surface area contributed by atoms with Gasteiger partial charge in [-0.25, -0.2) is 19.7 Å². The van der Waals surface area contributed by atoms with Gasteiger partial charge in [-0.1, -0.05) is 67.1 Å². The van der Waals surface area contributed by atoms with Gasteiger partial charge in [0, 0.05) is 25.6 Å². The number of amides is 2. The minimum Gasteiger partial charge on any atom is -0.387 e. The number of aliphatic hydroxyl groups excluding tert-OH is 2. The molecule has 7 rings (SSSR count). The van der Waals surface area contributed by atoms with Gasteiger partial charge >= 0.3 is 6.03 Å². The number of imidazole rings is 1. The largest absolute Gasteiger partial charge is 0.387 e. The summed E-state index contributed by atoms with van der Waals surface area (Å²) in [6.45, 7) is 6.33. The van der Waals surface area contributed by atoms with E-state index in [9.17, 15) is 15.0 Å². The Balaban J connectivity index is 1.15. The second-order valence-electron chi connectivity index (χ2n) is 12.8. The molecule has 2 saturated heterocycles. The number of hydrogen-bond acceptors (Lipinski definition) is 12. The van der Waals surface area contributed by atoms with Gasteiger partial charge in [-0.2, -0.15) is 4.80 Å². The van der Waals surface area contributed by atoms with E-state index in [-0.39, 0.29) is 24.3 Å². The Hall–Kier alpha value is -5.03. The van der Waals surface area contributed by atoms with Crippen molar-refractivity contribution >= 4 is 23.0 Å². The van der Waals surface area contributed by atoms with E-state index in [0.717, 1.165) is 30.8 Å². The van der Waals surface area contributed by atoms with E-state index in [1.807, 2.05) is 43.3 Å². The Morgan fingerprint density at radius 1 is 0.961 bits per heavy atom. The standard InChI is InChI=1S/C35H44N12O4/c1-2-47-43-32(42-44-47)30-28(48)29(49)34(51-30)46-22-39-27-31(37-20-25(23-12-6-3-7-13-23)24-14-8-4-9-15-24)40-26(41-33(27)46)21-38-35(50)36-16-19-45-17-10-5-11-18-45/h3-4,6-9,12-15,22,25,28-30,34,48-49H,2,5,10-11,16-21H2,1H3,(H2,36,38,50)(H,37,40,41). The van der Waals surface area contributed by atoms with Gasteiger partial charge in [0.2, 0.25) is 5.82 Å². The number of rotatable bonds is 13. The maximum atomic E-state index is 12.8. The molecule has 0 radical (unpaired) electrons. The van der Waals surface area contributed by atoms with Gasteiger partial charge < -0.3 is 35.8 Å². The lowest BCUT2D eigenvalue weighted by Gasteiger charge is -2.26. The topological polar surface area (TPSA) is 193 Å². The van der Waals surface area contributed by atoms with Crippen molar-refractivity contribution in [3.8, 4) is 0 Å². The van der Waals surface area contributed by atoms with Crippen molar-refractivity contribution in [3.63, 3.8) is 0 Å². The molecule has 4 unspecified atom stereocenters. The molecule has 16 heteroatoms. The molecule has 5 N–H and O–H groups in total. The van der Waals surface area contributed by atoms with Crippen LogP contribution in [-0.2, 0) is 17.8 Å². The summed E-state index contributed by atoms with van der Waals surface area (Å²) in [4.78, 5) is 30.7. The monoisotopic (exact) mass is 696 g/mol. The summed E-state index contributed by atoms with van der Waals surface area (Å²) in [5, 5.41) is 43.7. The number of hydrogen-bond donors (Lipinski definition) is 5. The maximum Gasteiger partial charge on any atom is 0.315 e. The second kappa shape index (κ2) is 15.9. The highest BCUT2D eigenvalue weighted by Crippen LogP contribution is 2.39. The molecule has 0 aliphatic carbocycles. The lowest BCUT2D eigenvalue weighted by atomic mass is 9.91. The van der Waals surface area contributed by atoms with Crippen molar-refractivity contribution in [3.05, 3.63) is 89.8 Å². The summed E-state index contributed by atoms with van der Waals surface area (Å²) in [5.41, 5.74) is 3.05. The number of fused-ring (bicyclic) bond motifs is 1. The molecular formula is C35H44N12O4. The van der Waals surface area contributed by atoms with Crippen molar-refractivity contribution in [1.29, 1.82) is 0 Å². The molecule has 2 aliphatic rings. The molecule has 268 valence electrons. The molecule has 5 heterocycles. The predicted molar refractivity (Wildman–Crippen MR) is 187 cm³/mol. The van der Waals surface area contributed by atoms with Gasteiger partial charge in [-0.15, -0.1) is 10.2 Å². The minimum absolute atomic E-state index is 0.00770. The number of tetrazole rings is 1. The lowest BCUT2D eigenvalue weighted by Crippen LogP contribution is -2.41. The number of aliphatic hydroxyl groups is 2. The van der Waals surface area contributed by atoms with Crippen molar-refractivity contribution in [2.75, 3.05) is 38.0 Å². The normalized spacial score (nSPS) is 20.9. The predicted octanol–water partition coefficient (Wildman–Crippen LogP) is 2.35. The summed E-state index contributed by atoms with van der Waals surface area (Å²) in [5.74, 6) is 0.934. The van der Waals surface area contributed by atoms with E-state index >= 15 is 0 Å². The van der Waals surface area contributed by atoms with Crippen LogP contribution in [0.4, 0.5) is 10.6 Å². The number of piperidine rings is 1. The lowest BCUT2D eigenvalue weighted by molar-refractivity contribution is -0.0384. The highest BCUT2D eigenvalue weighted by atomic mass is 16.6. The Bertz CT molecular complexity index is 1840. The van der Waals surface area contributed by atoms with Gasteiger partial charge in [0.25, 0.3) is 0 Å². The van der Waals surface area contributed by atoms with Crippen molar-refractivity contribution < 1.29 is 19.7 Å². The van der Waals surface area contributed by atoms with Crippen LogP contribution in [0.2, 0.25) is 0 Å². The number of benzene rings is 2. The Labute approximate surface area is 295 Å². The molecule has 2 amide bonds. The van der Waals surface area contributed by atoms with E-state index in [1.165, 1.54) is 30.4 Å². The van der Waals surface area contributed by atoms with E-state index in [2.05, 4.69) is 65.5 Å². The zero-order chi connectivity index (χ0) is 35.2. The molecule has 2 fully saturated rings. The molecule has 0 bridgehead atoms.